The Labute approximate surface area is 80.4 Å². The molecule has 1 N–H and O–H groups in total. The Morgan fingerprint density at radius 1 is 1.38 bits per heavy atom. The van der Waals surface area contributed by atoms with Crippen molar-refractivity contribution in [1.82, 2.24) is 5.32 Å². The van der Waals surface area contributed by atoms with Gasteiger partial charge in [0.25, 0.3) is 0 Å². The summed E-state index contributed by atoms with van der Waals surface area (Å²) in [6, 6.07) is 0.433. The number of carbonyl (C=O) groups is 1. The predicted molar refractivity (Wildman–Crippen MR) is 54.4 cm³/mol. The van der Waals surface area contributed by atoms with Gasteiger partial charge in [-0.2, -0.15) is 0 Å². The lowest BCUT2D eigenvalue weighted by atomic mass is 9.95. The Morgan fingerprint density at radius 3 is 2.69 bits per heavy atom. The van der Waals surface area contributed by atoms with E-state index in [4.69, 9.17) is 0 Å². The van der Waals surface area contributed by atoms with Gasteiger partial charge in [-0.3, -0.25) is 4.79 Å². The van der Waals surface area contributed by atoms with Crippen LogP contribution in [0.15, 0.2) is 12.2 Å². The first-order chi connectivity index (χ1) is 6.33. The van der Waals surface area contributed by atoms with Crippen LogP contribution in [0.4, 0.5) is 0 Å². The molecule has 0 heterocycles. The van der Waals surface area contributed by atoms with Crippen molar-refractivity contribution >= 4 is 5.91 Å². The second-order valence-electron chi connectivity index (χ2n) is 3.65. The van der Waals surface area contributed by atoms with Crippen LogP contribution in [-0.4, -0.2) is 11.9 Å². The van der Waals surface area contributed by atoms with Crippen molar-refractivity contribution in [2.45, 2.75) is 51.5 Å². The zero-order valence-electron chi connectivity index (χ0n) is 8.38. The Balaban J connectivity index is 2.22. The van der Waals surface area contributed by atoms with Crippen LogP contribution in [-0.2, 0) is 4.79 Å². The summed E-state index contributed by atoms with van der Waals surface area (Å²) in [7, 11) is 0. The largest absolute Gasteiger partial charge is 0.350 e. The van der Waals surface area contributed by atoms with E-state index in [1.54, 1.807) is 6.08 Å². The van der Waals surface area contributed by atoms with E-state index in [1.165, 1.54) is 19.3 Å². The first kappa shape index (κ1) is 10.3. The normalized spacial score (nSPS) is 19.2. The minimum absolute atomic E-state index is 0.0775. The first-order valence-electron chi connectivity index (χ1n) is 5.30. The number of hydrogen-bond acceptors (Lipinski definition) is 1. The van der Waals surface area contributed by atoms with Gasteiger partial charge in [0.05, 0.1) is 0 Å². The maximum absolute atomic E-state index is 11.3. The molecule has 1 amide bonds. The Morgan fingerprint density at radius 2 is 2.08 bits per heavy atom. The van der Waals surface area contributed by atoms with Crippen molar-refractivity contribution in [3.05, 3.63) is 12.2 Å². The van der Waals surface area contributed by atoms with Crippen molar-refractivity contribution < 1.29 is 4.79 Å². The second-order valence-corrected chi connectivity index (χ2v) is 3.65. The summed E-state index contributed by atoms with van der Waals surface area (Å²) in [6.07, 6.45) is 10.7. The van der Waals surface area contributed by atoms with E-state index in [0.717, 1.165) is 19.3 Å². The second kappa shape index (κ2) is 5.79. The van der Waals surface area contributed by atoms with Crippen molar-refractivity contribution in [2.75, 3.05) is 0 Å². The highest BCUT2D eigenvalue weighted by atomic mass is 16.1. The average Bonchev–Trinajstić information content (AvgIpc) is 2.16. The van der Waals surface area contributed by atoms with E-state index < -0.39 is 0 Å². The van der Waals surface area contributed by atoms with Crippen LogP contribution in [0.3, 0.4) is 0 Å². The molecule has 0 atom stereocenters. The third-order valence-electron chi connectivity index (χ3n) is 2.46. The van der Waals surface area contributed by atoms with Gasteiger partial charge >= 0.3 is 0 Å². The molecule has 0 spiro atoms. The molecule has 2 heteroatoms. The quantitative estimate of drug-likeness (QED) is 0.665. The summed E-state index contributed by atoms with van der Waals surface area (Å²) >= 11 is 0. The van der Waals surface area contributed by atoms with Gasteiger partial charge in [-0.25, -0.2) is 0 Å². The number of carbonyl (C=O) groups excluding carboxylic acids is 1. The van der Waals surface area contributed by atoms with E-state index in [1.807, 2.05) is 13.0 Å². The van der Waals surface area contributed by atoms with Gasteiger partial charge in [-0.1, -0.05) is 32.3 Å². The SMILES string of the molecule is CC/C=C/C(=O)NC1CCCCC1. The number of nitrogens with one attached hydrogen (secondary N) is 1. The summed E-state index contributed by atoms with van der Waals surface area (Å²) in [5.41, 5.74) is 0. The van der Waals surface area contributed by atoms with Crippen LogP contribution in [0.5, 0.6) is 0 Å². The molecule has 0 aliphatic heterocycles. The van der Waals surface area contributed by atoms with Crippen LogP contribution in [0.2, 0.25) is 0 Å². The van der Waals surface area contributed by atoms with Crippen LogP contribution in [0, 0.1) is 0 Å². The molecule has 1 aliphatic carbocycles. The highest BCUT2D eigenvalue weighted by Gasteiger charge is 2.13. The molecule has 0 aromatic heterocycles. The third kappa shape index (κ3) is 4.11. The molecule has 0 saturated heterocycles. The van der Waals surface area contributed by atoms with Gasteiger partial charge in [0, 0.05) is 6.04 Å². The molecular weight excluding hydrogens is 162 g/mol. The van der Waals surface area contributed by atoms with E-state index in [-0.39, 0.29) is 5.91 Å². The highest BCUT2D eigenvalue weighted by Crippen LogP contribution is 2.17. The standard InChI is InChI=1S/C11H19NO/c1-2-3-9-11(13)12-10-7-5-4-6-8-10/h3,9-10H,2,4-8H2,1H3,(H,12,13)/b9-3+. The molecule has 1 aliphatic rings. The summed E-state index contributed by atoms with van der Waals surface area (Å²) < 4.78 is 0. The van der Waals surface area contributed by atoms with E-state index in [0.29, 0.717) is 6.04 Å². The van der Waals surface area contributed by atoms with E-state index >= 15 is 0 Å². The molecule has 0 unspecified atom stereocenters. The third-order valence-corrected chi connectivity index (χ3v) is 2.46. The zero-order valence-corrected chi connectivity index (χ0v) is 8.38. The lowest BCUT2D eigenvalue weighted by Gasteiger charge is -2.21. The lowest BCUT2D eigenvalue weighted by Crippen LogP contribution is -2.34. The van der Waals surface area contributed by atoms with E-state index in [2.05, 4.69) is 5.32 Å². The zero-order chi connectivity index (χ0) is 9.52. The minimum Gasteiger partial charge on any atom is -0.350 e. The van der Waals surface area contributed by atoms with E-state index in [9.17, 15) is 4.79 Å². The van der Waals surface area contributed by atoms with Crippen LogP contribution in [0.25, 0.3) is 0 Å². The maximum atomic E-state index is 11.3. The molecule has 1 fully saturated rings. The number of allylic oxidation sites excluding steroid dienone is 1. The predicted octanol–water partition coefficient (Wildman–Crippen LogP) is 2.40. The Hall–Kier alpha value is -0.790. The molecule has 0 aromatic rings. The molecule has 2 nitrogen and oxygen atoms in total. The topological polar surface area (TPSA) is 29.1 Å². The molecular formula is C11H19NO. The summed E-state index contributed by atoms with van der Waals surface area (Å²) in [5, 5.41) is 3.03. The molecule has 0 radical (unpaired) electrons. The van der Waals surface area contributed by atoms with Gasteiger partial charge < -0.3 is 5.32 Å². The molecule has 13 heavy (non-hydrogen) atoms. The fourth-order valence-electron chi connectivity index (χ4n) is 1.72. The molecule has 0 bridgehead atoms. The highest BCUT2D eigenvalue weighted by molar-refractivity contribution is 5.87. The van der Waals surface area contributed by atoms with Crippen LogP contribution >= 0.6 is 0 Å². The van der Waals surface area contributed by atoms with Crippen molar-refractivity contribution in [3.63, 3.8) is 0 Å². The smallest absolute Gasteiger partial charge is 0.243 e. The van der Waals surface area contributed by atoms with Gasteiger partial charge in [0.2, 0.25) is 5.91 Å². The number of hydrogen-bond donors (Lipinski definition) is 1. The van der Waals surface area contributed by atoms with Crippen LogP contribution < -0.4 is 5.32 Å². The molecule has 1 saturated carbocycles. The van der Waals surface area contributed by atoms with Crippen LogP contribution in [0.1, 0.15) is 45.4 Å². The van der Waals surface area contributed by atoms with Crippen molar-refractivity contribution in [2.24, 2.45) is 0 Å². The first-order valence-corrected chi connectivity index (χ1v) is 5.30. The van der Waals surface area contributed by atoms with Gasteiger partial charge in [-0.05, 0) is 25.3 Å². The van der Waals surface area contributed by atoms with Crippen molar-refractivity contribution in [3.8, 4) is 0 Å². The average molecular weight is 181 g/mol. The van der Waals surface area contributed by atoms with Gasteiger partial charge in [0.1, 0.15) is 0 Å². The monoisotopic (exact) mass is 181 g/mol. The molecule has 74 valence electrons. The minimum atomic E-state index is 0.0775. The van der Waals surface area contributed by atoms with Gasteiger partial charge in [-0.15, -0.1) is 0 Å². The summed E-state index contributed by atoms with van der Waals surface area (Å²) in [5.74, 6) is 0.0775. The molecule has 1 rings (SSSR count). The fraction of sp³-hybridized carbons (Fsp3) is 0.727. The summed E-state index contributed by atoms with van der Waals surface area (Å²) in [4.78, 5) is 11.3. The number of rotatable bonds is 3. The Kier molecular flexibility index (Phi) is 4.58. The lowest BCUT2D eigenvalue weighted by molar-refractivity contribution is -0.117. The molecule has 0 aromatic carbocycles. The fourth-order valence-corrected chi connectivity index (χ4v) is 1.72. The maximum Gasteiger partial charge on any atom is 0.243 e. The number of amides is 1. The summed E-state index contributed by atoms with van der Waals surface area (Å²) in [6.45, 7) is 2.03. The van der Waals surface area contributed by atoms with Gasteiger partial charge in [0.15, 0.2) is 0 Å². The van der Waals surface area contributed by atoms with Crippen molar-refractivity contribution in [1.29, 1.82) is 0 Å². The Bertz CT molecular complexity index is 181.